The van der Waals surface area contributed by atoms with Crippen LogP contribution in [-0.4, -0.2) is 85.4 Å². The van der Waals surface area contributed by atoms with Crippen LogP contribution in [0.15, 0.2) is 36.7 Å². The number of amides is 2. The average molecular weight is 568 g/mol. The Morgan fingerprint density at radius 1 is 1.27 bits per heavy atom. The van der Waals surface area contributed by atoms with E-state index in [0.717, 1.165) is 30.5 Å². The maximum atomic E-state index is 13.9. The van der Waals surface area contributed by atoms with Crippen molar-refractivity contribution in [2.45, 2.75) is 44.6 Å². The third kappa shape index (κ3) is 5.95. The van der Waals surface area contributed by atoms with Gasteiger partial charge in [-0.1, -0.05) is 13.3 Å². The molecule has 1 unspecified atom stereocenters. The molecule has 3 atom stereocenters. The van der Waals surface area contributed by atoms with Crippen molar-refractivity contribution in [1.29, 1.82) is 0 Å². The van der Waals surface area contributed by atoms with E-state index in [1.54, 1.807) is 15.9 Å². The van der Waals surface area contributed by atoms with Crippen LogP contribution >= 0.6 is 0 Å². The highest BCUT2D eigenvalue weighted by Gasteiger charge is 2.49. The summed E-state index contributed by atoms with van der Waals surface area (Å²) in [7, 11) is 3.45. The van der Waals surface area contributed by atoms with Gasteiger partial charge in [-0.15, -0.1) is 0 Å². The highest BCUT2D eigenvalue weighted by molar-refractivity contribution is 5.94. The van der Waals surface area contributed by atoms with Gasteiger partial charge in [0.2, 0.25) is 24.4 Å². The lowest BCUT2D eigenvalue weighted by Gasteiger charge is -2.32. The largest absolute Gasteiger partial charge is 0.493 e. The predicted molar refractivity (Wildman–Crippen MR) is 149 cm³/mol. The second kappa shape index (κ2) is 12.3. The zero-order valence-electron chi connectivity index (χ0n) is 24.0. The summed E-state index contributed by atoms with van der Waals surface area (Å²) < 4.78 is 18.6. The number of anilines is 1. The van der Waals surface area contributed by atoms with Gasteiger partial charge in [-0.25, -0.2) is 4.57 Å². The van der Waals surface area contributed by atoms with Gasteiger partial charge in [0.25, 0.3) is 0 Å². The lowest BCUT2D eigenvalue weighted by molar-refractivity contribution is -0.670. The van der Waals surface area contributed by atoms with Gasteiger partial charge in [0.1, 0.15) is 12.7 Å². The number of unbranched alkanes of at least 4 members (excludes halogenated alkanes) is 1. The van der Waals surface area contributed by atoms with Crippen LogP contribution in [0.2, 0.25) is 0 Å². The van der Waals surface area contributed by atoms with Gasteiger partial charge in [0.15, 0.2) is 23.9 Å². The first kappa shape index (κ1) is 28.7. The predicted octanol–water partition coefficient (Wildman–Crippen LogP) is 2.17. The van der Waals surface area contributed by atoms with Crippen LogP contribution in [0.25, 0.3) is 0 Å². The Labute approximate surface area is 240 Å². The number of rotatable bonds is 11. The van der Waals surface area contributed by atoms with E-state index in [1.807, 2.05) is 47.1 Å². The number of hydrogen-bond acceptors (Lipinski definition) is 7. The van der Waals surface area contributed by atoms with Gasteiger partial charge >= 0.3 is 5.97 Å². The molecule has 3 aliphatic rings. The summed E-state index contributed by atoms with van der Waals surface area (Å²) in [5, 5.41) is 10.5. The molecule has 2 fully saturated rings. The summed E-state index contributed by atoms with van der Waals surface area (Å²) in [6, 6.07) is 6.89. The monoisotopic (exact) mass is 567 g/mol. The summed E-state index contributed by atoms with van der Waals surface area (Å²) in [5.41, 5.74) is 1.54. The molecule has 11 heteroatoms. The molecule has 2 aromatic rings. The number of nitrogens with zero attached hydrogens (tertiary/aromatic N) is 4. The highest BCUT2D eigenvalue weighted by Crippen LogP contribution is 2.47. The number of likely N-dealkylation sites (tertiary alicyclic amines) is 2. The highest BCUT2D eigenvalue weighted by atomic mass is 16.7. The molecule has 1 aromatic carbocycles. The number of fused-ring (bicyclic) bond motifs is 1. The van der Waals surface area contributed by atoms with E-state index in [-0.39, 0.29) is 31.7 Å². The minimum Gasteiger partial charge on any atom is -0.493 e. The van der Waals surface area contributed by atoms with Crippen molar-refractivity contribution in [1.82, 2.24) is 9.80 Å². The van der Waals surface area contributed by atoms with Gasteiger partial charge in [0.05, 0.1) is 19.6 Å². The number of aliphatic carboxylic acids is 1. The normalized spacial score (nSPS) is 21.9. The first-order valence-electron chi connectivity index (χ1n) is 14.3. The summed E-state index contributed by atoms with van der Waals surface area (Å²) >= 11 is 0. The zero-order chi connectivity index (χ0) is 29.1. The Balaban J connectivity index is 1.48. The molecule has 0 spiro atoms. The summed E-state index contributed by atoms with van der Waals surface area (Å²) in [6.07, 6.45) is 6.81. The van der Waals surface area contributed by atoms with Gasteiger partial charge < -0.3 is 29.1 Å². The number of hydrogen-bond donors (Lipinski definition) is 1. The molecule has 4 heterocycles. The van der Waals surface area contributed by atoms with Gasteiger partial charge in [-0.2, -0.15) is 0 Å². The van der Waals surface area contributed by atoms with Gasteiger partial charge in [-0.05, 0) is 36.6 Å². The Morgan fingerprint density at radius 2 is 2.10 bits per heavy atom. The van der Waals surface area contributed by atoms with E-state index in [1.165, 1.54) is 7.11 Å². The maximum Gasteiger partial charge on any atom is 0.308 e. The van der Waals surface area contributed by atoms with Crippen LogP contribution in [0.4, 0.5) is 5.69 Å². The maximum absolute atomic E-state index is 13.9. The number of carbonyl (C=O) groups is 3. The van der Waals surface area contributed by atoms with Crippen LogP contribution in [-0.2, 0) is 21.4 Å². The number of carbonyl (C=O) groups excluding carboxylic acids is 2. The van der Waals surface area contributed by atoms with E-state index in [4.69, 9.17) is 14.2 Å². The minimum absolute atomic E-state index is 0.0231. The Bertz CT molecular complexity index is 1300. The summed E-state index contributed by atoms with van der Waals surface area (Å²) in [4.78, 5) is 44.9. The lowest BCUT2D eigenvalue weighted by Crippen LogP contribution is -2.49. The Morgan fingerprint density at radius 3 is 2.78 bits per heavy atom. The third-order valence-electron chi connectivity index (χ3n) is 8.33. The molecule has 220 valence electrons. The molecule has 0 saturated carbocycles. The second-order valence-corrected chi connectivity index (χ2v) is 11.0. The molecule has 0 radical (unpaired) electrons. The van der Waals surface area contributed by atoms with E-state index in [0.29, 0.717) is 43.3 Å². The van der Waals surface area contributed by atoms with Crippen molar-refractivity contribution >= 4 is 23.5 Å². The fraction of sp³-hybridized carbons (Fsp3) is 0.533. The van der Waals surface area contributed by atoms with Crippen molar-refractivity contribution in [2.75, 3.05) is 51.5 Å². The Kier molecular flexibility index (Phi) is 8.63. The number of ether oxygens (including phenoxy) is 3. The molecule has 1 N–H and O–H groups in total. The second-order valence-electron chi connectivity index (χ2n) is 11.0. The lowest BCUT2D eigenvalue weighted by atomic mass is 9.84. The first-order chi connectivity index (χ1) is 19.8. The number of carboxylic acids is 1. The molecule has 11 nitrogen and oxygen atoms in total. The van der Waals surface area contributed by atoms with Crippen LogP contribution in [0.1, 0.15) is 44.1 Å². The minimum atomic E-state index is -0.962. The van der Waals surface area contributed by atoms with Crippen molar-refractivity contribution in [3.63, 3.8) is 0 Å². The number of methoxy groups -OCH3 is 1. The number of pyridine rings is 1. The topological polar surface area (TPSA) is 113 Å². The van der Waals surface area contributed by atoms with Crippen molar-refractivity contribution in [2.24, 2.45) is 13.0 Å². The Hall–Kier alpha value is -3.86. The van der Waals surface area contributed by atoms with E-state index in [9.17, 15) is 19.5 Å². The van der Waals surface area contributed by atoms with Crippen molar-refractivity contribution < 1.29 is 38.3 Å². The summed E-state index contributed by atoms with van der Waals surface area (Å²) in [6.45, 7) is 3.94. The third-order valence-corrected chi connectivity index (χ3v) is 8.33. The number of aromatic nitrogens is 1. The molecule has 41 heavy (non-hydrogen) atoms. The molecule has 0 aliphatic carbocycles. The molecule has 3 aliphatic heterocycles. The summed E-state index contributed by atoms with van der Waals surface area (Å²) in [5.74, 6) is -0.865. The van der Waals surface area contributed by atoms with Crippen LogP contribution < -0.4 is 23.7 Å². The number of carboxylic acid groups (broad SMARTS) is 1. The zero-order valence-corrected chi connectivity index (χ0v) is 24.0. The molecule has 0 bridgehead atoms. The number of benzene rings is 1. The van der Waals surface area contributed by atoms with Crippen molar-refractivity contribution in [3.05, 3.63) is 42.2 Å². The fourth-order valence-corrected chi connectivity index (χ4v) is 6.25. The standard InChI is InChI=1S/C30H38N4O7/c1-4-5-12-34(21-8-6-10-31(2)15-21)27(36)18-33-16-22(20-13-24(39-3)29-25(14-20)40-19-41-29)28(30(37)38)23(33)17-32-11-7-9-26(32)35/h6,8,10,13-15,22-23,28H,4-5,7,9,11-12,16-19H2,1-3H3/p+1/t22-,23+,28?/m1/s1. The molecular weight excluding hydrogens is 528 g/mol. The van der Waals surface area contributed by atoms with E-state index < -0.39 is 23.8 Å². The molecule has 1 aromatic heterocycles. The molecule has 5 rings (SSSR count). The SMILES string of the molecule is CCCCN(C(=O)CN1C[C@H](c2cc(OC)c3c(c2)OCO3)C(C(=O)O)[C@@H]1CN1CCCC1=O)c1ccc[n+](C)c1. The van der Waals surface area contributed by atoms with Gasteiger partial charge in [-0.3, -0.25) is 19.3 Å². The van der Waals surface area contributed by atoms with Crippen LogP contribution in [0.5, 0.6) is 17.2 Å². The van der Waals surface area contributed by atoms with E-state index >= 15 is 0 Å². The van der Waals surface area contributed by atoms with Crippen molar-refractivity contribution in [3.8, 4) is 17.2 Å². The molecule has 2 amide bonds. The quantitative estimate of drug-likeness (QED) is 0.411. The first-order valence-corrected chi connectivity index (χ1v) is 14.3. The molecular formula is C30H39N4O7+. The van der Waals surface area contributed by atoms with Crippen LogP contribution in [0.3, 0.4) is 0 Å². The van der Waals surface area contributed by atoms with Crippen LogP contribution in [0, 0.1) is 5.92 Å². The van der Waals surface area contributed by atoms with E-state index in [2.05, 4.69) is 6.92 Å². The number of aryl methyl sites for hydroxylation is 1. The average Bonchev–Trinajstić information content (AvgIpc) is 3.68. The van der Waals surface area contributed by atoms with Gasteiger partial charge in [0, 0.05) is 50.6 Å². The smallest absolute Gasteiger partial charge is 0.308 e. The molecule has 2 saturated heterocycles. The fourth-order valence-electron chi connectivity index (χ4n) is 6.25.